The van der Waals surface area contributed by atoms with E-state index in [2.05, 4.69) is 0 Å². The molecule has 0 heterocycles. The summed E-state index contributed by atoms with van der Waals surface area (Å²) in [6, 6.07) is 1.95. The Hall–Kier alpha value is -1.17. The lowest BCUT2D eigenvalue weighted by molar-refractivity contribution is -0.134. The van der Waals surface area contributed by atoms with Gasteiger partial charge in [0.2, 0.25) is 0 Å². The van der Waals surface area contributed by atoms with Crippen LogP contribution < -0.4 is 0 Å². The van der Waals surface area contributed by atoms with E-state index in [1.165, 1.54) is 0 Å². The first-order valence-electron chi connectivity index (χ1n) is 3.55. The van der Waals surface area contributed by atoms with Gasteiger partial charge in [0.05, 0.1) is 12.5 Å². The predicted molar refractivity (Wildman–Crippen MR) is 37.6 cm³/mol. The number of rotatable bonds is 0. The normalized spacial score (nSPS) is 31.6. The van der Waals surface area contributed by atoms with Crippen molar-refractivity contribution in [3.63, 3.8) is 0 Å². The maximum Gasteiger partial charge on any atom is 0.160 e. The van der Waals surface area contributed by atoms with Gasteiger partial charge in [0.15, 0.2) is 5.78 Å². The maximum atomic E-state index is 11.1. The molecule has 0 aromatic carbocycles. The summed E-state index contributed by atoms with van der Waals surface area (Å²) in [5.41, 5.74) is -0.895. The number of Topliss-reactive ketones (excluding diaryl/α,β-unsaturated/α-hetero) is 2. The van der Waals surface area contributed by atoms with Crippen molar-refractivity contribution >= 4 is 11.6 Å². The minimum atomic E-state index is -0.895. The van der Waals surface area contributed by atoms with Crippen molar-refractivity contribution in [3.05, 3.63) is 0 Å². The lowest BCUT2D eigenvalue weighted by Crippen LogP contribution is -2.33. The van der Waals surface area contributed by atoms with E-state index >= 15 is 0 Å². The molecule has 11 heavy (non-hydrogen) atoms. The van der Waals surface area contributed by atoms with E-state index in [-0.39, 0.29) is 18.0 Å². The molecule has 58 valence electrons. The molecule has 1 rings (SSSR count). The van der Waals surface area contributed by atoms with Gasteiger partial charge in [-0.05, 0) is 13.3 Å². The summed E-state index contributed by atoms with van der Waals surface area (Å²) in [5, 5.41) is 8.62. The topological polar surface area (TPSA) is 57.9 Å². The standard InChI is InChI=1S/C8H9NO2/c1-8(5-9)3-2-6(10)4-7(8)11/h2-4H2,1H3/t8-/m0/s1. The first kappa shape index (κ1) is 7.93. The highest BCUT2D eigenvalue weighted by Gasteiger charge is 2.38. The van der Waals surface area contributed by atoms with Crippen LogP contribution >= 0.6 is 0 Å². The zero-order chi connectivity index (χ0) is 8.48. The summed E-state index contributed by atoms with van der Waals surface area (Å²) in [4.78, 5) is 21.9. The molecule has 3 heteroatoms. The molecule has 0 radical (unpaired) electrons. The zero-order valence-electron chi connectivity index (χ0n) is 6.39. The van der Waals surface area contributed by atoms with Gasteiger partial charge in [0.1, 0.15) is 11.2 Å². The number of nitriles is 1. The summed E-state index contributed by atoms with van der Waals surface area (Å²) in [5.74, 6) is -0.265. The third kappa shape index (κ3) is 1.30. The third-order valence-corrected chi connectivity index (χ3v) is 2.12. The van der Waals surface area contributed by atoms with Crippen molar-refractivity contribution in [2.75, 3.05) is 0 Å². The second-order valence-corrected chi connectivity index (χ2v) is 3.08. The Morgan fingerprint density at radius 2 is 2.18 bits per heavy atom. The zero-order valence-corrected chi connectivity index (χ0v) is 6.39. The molecular formula is C8H9NO2. The third-order valence-electron chi connectivity index (χ3n) is 2.12. The summed E-state index contributed by atoms with van der Waals surface area (Å²) in [7, 11) is 0. The van der Waals surface area contributed by atoms with Gasteiger partial charge in [-0.2, -0.15) is 5.26 Å². The Morgan fingerprint density at radius 1 is 1.55 bits per heavy atom. The van der Waals surface area contributed by atoms with Crippen molar-refractivity contribution in [2.24, 2.45) is 5.41 Å². The van der Waals surface area contributed by atoms with E-state index in [4.69, 9.17) is 5.26 Å². The van der Waals surface area contributed by atoms with Crippen LogP contribution in [0.3, 0.4) is 0 Å². The van der Waals surface area contributed by atoms with Crippen molar-refractivity contribution in [1.82, 2.24) is 0 Å². The van der Waals surface area contributed by atoms with E-state index in [0.29, 0.717) is 12.8 Å². The molecule has 1 aliphatic rings. The van der Waals surface area contributed by atoms with Crippen LogP contribution in [-0.2, 0) is 9.59 Å². The molecule has 0 unspecified atom stereocenters. The fourth-order valence-electron chi connectivity index (χ4n) is 1.11. The first-order valence-corrected chi connectivity index (χ1v) is 3.55. The second kappa shape index (κ2) is 2.46. The minimum Gasteiger partial charge on any atom is -0.299 e. The maximum absolute atomic E-state index is 11.1. The fraction of sp³-hybridized carbons (Fsp3) is 0.625. The Bertz CT molecular complexity index is 251. The molecule has 0 amide bonds. The van der Waals surface area contributed by atoms with Crippen LogP contribution in [0.25, 0.3) is 0 Å². The molecule has 0 aromatic rings. The molecule has 1 aliphatic carbocycles. The highest BCUT2D eigenvalue weighted by atomic mass is 16.1. The summed E-state index contributed by atoms with van der Waals surface area (Å²) < 4.78 is 0. The Labute approximate surface area is 65.0 Å². The van der Waals surface area contributed by atoms with Crippen molar-refractivity contribution in [2.45, 2.75) is 26.2 Å². The van der Waals surface area contributed by atoms with E-state index in [9.17, 15) is 9.59 Å². The van der Waals surface area contributed by atoms with Gasteiger partial charge >= 0.3 is 0 Å². The Kier molecular flexibility index (Phi) is 1.77. The van der Waals surface area contributed by atoms with Crippen molar-refractivity contribution in [1.29, 1.82) is 5.26 Å². The Morgan fingerprint density at radius 3 is 2.64 bits per heavy atom. The molecule has 0 aliphatic heterocycles. The SMILES string of the molecule is C[C@@]1(C#N)CCC(=O)CC1=O. The minimum absolute atomic E-state index is 0.0391. The van der Waals surface area contributed by atoms with Gasteiger partial charge in [0, 0.05) is 6.42 Å². The van der Waals surface area contributed by atoms with Crippen LogP contribution in [0.5, 0.6) is 0 Å². The largest absolute Gasteiger partial charge is 0.299 e. The van der Waals surface area contributed by atoms with Crippen LogP contribution in [0, 0.1) is 16.7 Å². The molecule has 0 saturated heterocycles. The van der Waals surface area contributed by atoms with Gasteiger partial charge in [-0.1, -0.05) is 0 Å². The smallest absolute Gasteiger partial charge is 0.160 e. The van der Waals surface area contributed by atoms with Gasteiger partial charge in [-0.25, -0.2) is 0 Å². The van der Waals surface area contributed by atoms with Crippen LogP contribution in [0.2, 0.25) is 0 Å². The van der Waals surface area contributed by atoms with Crippen molar-refractivity contribution < 1.29 is 9.59 Å². The lowest BCUT2D eigenvalue weighted by Gasteiger charge is -2.23. The molecule has 1 fully saturated rings. The molecule has 1 saturated carbocycles. The Balaban J connectivity index is 2.82. The highest BCUT2D eigenvalue weighted by molar-refractivity contribution is 6.05. The molecule has 3 nitrogen and oxygen atoms in total. The molecule has 1 atom stereocenters. The van der Waals surface area contributed by atoms with E-state index < -0.39 is 5.41 Å². The van der Waals surface area contributed by atoms with Crippen LogP contribution in [-0.4, -0.2) is 11.6 Å². The molecule has 0 bridgehead atoms. The average Bonchev–Trinajstić information content (AvgIpc) is 1.98. The van der Waals surface area contributed by atoms with Gasteiger partial charge in [0.25, 0.3) is 0 Å². The van der Waals surface area contributed by atoms with E-state index in [0.717, 1.165) is 0 Å². The summed E-state index contributed by atoms with van der Waals surface area (Å²) >= 11 is 0. The number of hydrogen-bond acceptors (Lipinski definition) is 3. The molecule has 0 N–H and O–H groups in total. The number of carbonyl (C=O) groups excluding carboxylic acids is 2. The number of ketones is 2. The van der Waals surface area contributed by atoms with E-state index in [1.807, 2.05) is 6.07 Å². The monoisotopic (exact) mass is 151 g/mol. The predicted octanol–water partition coefficient (Wildman–Crippen LogP) is 0.838. The summed E-state index contributed by atoms with van der Waals surface area (Å²) in [6.07, 6.45) is 0.709. The van der Waals surface area contributed by atoms with E-state index in [1.54, 1.807) is 6.92 Å². The molecule has 0 spiro atoms. The van der Waals surface area contributed by atoms with Gasteiger partial charge in [-0.3, -0.25) is 9.59 Å². The van der Waals surface area contributed by atoms with Gasteiger partial charge < -0.3 is 0 Å². The number of hydrogen-bond donors (Lipinski definition) is 0. The molecular weight excluding hydrogens is 142 g/mol. The van der Waals surface area contributed by atoms with Gasteiger partial charge in [-0.15, -0.1) is 0 Å². The van der Waals surface area contributed by atoms with Crippen LogP contribution in [0.4, 0.5) is 0 Å². The first-order chi connectivity index (χ1) is 5.08. The quantitative estimate of drug-likeness (QED) is 0.482. The van der Waals surface area contributed by atoms with Crippen LogP contribution in [0.1, 0.15) is 26.2 Å². The van der Waals surface area contributed by atoms with Crippen molar-refractivity contribution in [3.8, 4) is 6.07 Å². The average molecular weight is 151 g/mol. The summed E-state index contributed by atoms with van der Waals surface area (Å²) in [6.45, 7) is 1.60. The second-order valence-electron chi connectivity index (χ2n) is 3.08. The number of carbonyl (C=O) groups is 2. The molecule has 0 aromatic heterocycles. The highest BCUT2D eigenvalue weighted by Crippen LogP contribution is 2.29. The van der Waals surface area contributed by atoms with Crippen LogP contribution in [0.15, 0.2) is 0 Å². The number of nitrogens with zero attached hydrogens (tertiary/aromatic N) is 1. The fourth-order valence-corrected chi connectivity index (χ4v) is 1.11. The lowest BCUT2D eigenvalue weighted by atomic mass is 9.75.